The quantitative estimate of drug-likeness (QED) is 0.177. The maximum absolute atomic E-state index is 9.60. The normalized spacial score (nSPS) is 11.1. The molecule has 0 amide bonds. The molecule has 0 fully saturated rings. The zero-order chi connectivity index (χ0) is 34.1. The summed E-state index contributed by atoms with van der Waals surface area (Å²) in [6.45, 7) is 0. The molecule has 0 saturated heterocycles. The van der Waals surface area contributed by atoms with Crippen molar-refractivity contribution < 1.29 is 0 Å². The number of thiophene rings is 1. The number of fused-ring (bicyclic) bond motifs is 3. The number of nitriles is 1. The van der Waals surface area contributed by atoms with E-state index in [0.29, 0.717) is 23.0 Å². The molecule has 0 aliphatic heterocycles. The van der Waals surface area contributed by atoms with E-state index in [0.717, 1.165) is 38.6 Å². The second kappa shape index (κ2) is 12.9. The Balaban J connectivity index is 1.18. The number of aromatic nitrogens is 3. The molecule has 0 unspecified atom stereocenters. The van der Waals surface area contributed by atoms with Gasteiger partial charge in [0.2, 0.25) is 0 Å². The summed E-state index contributed by atoms with van der Waals surface area (Å²) in [5, 5.41) is 11.9. The zero-order valence-electron chi connectivity index (χ0n) is 27.4. The fourth-order valence-electron chi connectivity index (χ4n) is 6.65. The molecule has 2 aromatic heterocycles. The average molecular weight is 669 g/mol. The Morgan fingerprint density at radius 2 is 0.922 bits per heavy atom. The summed E-state index contributed by atoms with van der Waals surface area (Å²) < 4.78 is 2.37. The highest BCUT2D eigenvalue weighted by Crippen LogP contribution is 2.42. The van der Waals surface area contributed by atoms with Gasteiger partial charge in [0, 0.05) is 36.9 Å². The molecule has 5 heteroatoms. The van der Waals surface area contributed by atoms with Crippen molar-refractivity contribution in [3.63, 3.8) is 0 Å². The van der Waals surface area contributed by atoms with Gasteiger partial charge in [0.25, 0.3) is 0 Å². The third-order valence-electron chi connectivity index (χ3n) is 9.15. The van der Waals surface area contributed by atoms with E-state index in [9.17, 15) is 5.26 Å². The van der Waals surface area contributed by atoms with Crippen molar-refractivity contribution >= 4 is 31.5 Å². The van der Waals surface area contributed by atoms with Crippen LogP contribution in [0.1, 0.15) is 5.56 Å². The lowest BCUT2D eigenvalue weighted by Crippen LogP contribution is -2.00. The first-order valence-corrected chi connectivity index (χ1v) is 17.6. The van der Waals surface area contributed by atoms with Crippen LogP contribution in [0.3, 0.4) is 0 Å². The maximum atomic E-state index is 9.60. The van der Waals surface area contributed by atoms with Gasteiger partial charge in [0.15, 0.2) is 17.5 Å². The van der Waals surface area contributed by atoms with Gasteiger partial charge in [-0.25, -0.2) is 15.0 Å². The van der Waals surface area contributed by atoms with E-state index < -0.39 is 0 Å². The number of rotatable bonds is 6. The molecule has 4 nitrogen and oxygen atoms in total. The molecular weight excluding hydrogens is 641 g/mol. The first kappa shape index (κ1) is 30.3. The van der Waals surface area contributed by atoms with Gasteiger partial charge in [-0.15, -0.1) is 11.3 Å². The Morgan fingerprint density at radius 3 is 1.61 bits per heavy atom. The highest BCUT2D eigenvalue weighted by molar-refractivity contribution is 7.26. The number of benzene rings is 7. The average Bonchev–Trinajstić information content (AvgIpc) is 3.60. The van der Waals surface area contributed by atoms with Crippen LogP contribution in [0, 0.1) is 11.3 Å². The first-order chi connectivity index (χ1) is 25.2. The molecule has 0 atom stereocenters. The van der Waals surface area contributed by atoms with Crippen molar-refractivity contribution in [2.24, 2.45) is 0 Å². The topological polar surface area (TPSA) is 62.5 Å². The molecule has 0 aliphatic carbocycles. The van der Waals surface area contributed by atoms with Crippen molar-refractivity contribution in [2.45, 2.75) is 0 Å². The van der Waals surface area contributed by atoms with Crippen LogP contribution in [-0.4, -0.2) is 15.0 Å². The van der Waals surface area contributed by atoms with E-state index in [4.69, 9.17) is 15.0 Å². The summed E-state index contributed by atoms with van der Waals surface area (Å²) in [5.74, 6) is 1.71. The van der Waals surface area contributed by atoms with Crippen molar-refractivity contribution in [2.75, 3.05) is 0 Å². The summed E-state index contributed by atoms with van der Waals surface area (Å²) in [4.78, 5) is 15.0. The molecule has 9 aromatic rings. The summed E-state index contributed by atoms with van der Waals surface area (Å²) >= 11 is 1.77. The predicted molar refractivity (Wildman–Crippen MR) is 210 cm³/mol. The van der Waals surface area contributed by atoms with Crippen LogP contribution in [-0.2, 0) is 0 Å². The summed E-state index contributed by atoms with van der Waals surface area (Å²) in [6.07, 6.45) is 0. The molecule has 7 aromatic carbocycles. The summed E-state index contributed by atoms with van der Waals surface area (Å²) in [5.41, 5.74) is 10.2. The van der Waals surface area contributed by atoms with Crippen LogP contribution in [0.15, 0.2) is 170 Å². The monoisotopic (exact) mass is 668 g/mol. The van der Waals surface area contributed by atoms with Crippen LogP contribution in [0.5, 0.6) is 0 Å². The Labute approximate surface area is 299 Å². The number of nitrogens with zero attached hydrogens (tertiary/aromatic N) is 4. The van der Waals surface area contributed by atoms with Crippen molar-refractivity contribution in [3.8, 4) is 73.6 Å². The second-order valence-corrected chi connectivity index (χ2v) is 13.5. The molecule has 0 saturated carbocycles. The Morgan fingerprint density at radius 1 is 0.392 bits per heavy atom. The molecule has 0 bridgehead atoms. The molecule has 9 rings (SSSR count). The number of hydrogen-bond donors (Lipinski definition) is 0. The lowest BCUT2D eigenvalue weighted by Gasteiger charge is -2.10. The lowest BCUT2D eigenvalue weighted by molar-refractivity contribution is 1.08. The van der Waals surface area contributed by atoms with Crippen molar-refractivity contribution in [1.29, 1.82) is 5.26 Å². The van der Waals surface area contributed by atoms with E-state index in [2.05, 4.69) is 115 Å². The van der Waals surface area contributed by atoms with Crippen molar-refractivity contribution in [1.82, 2.24) is 15.0 Å². The lowest BCUT2D eigenvalue weighted by atomic mass is 9.95. The molecule has 0 spiro atoms. The van der Waals surface area contributed by atoms with E-state index in [1.165, 1.54) is 31.7 Å². The molecule has 51 heavy (non-hydrogen) atoms. The summed E-state index contributed by atoms with van der Waals surface area (Å²) in [6, 6.07) is 60.7. The molecule has 0 radical (unpaired) electrons. The molecule has 0 N–H and O–H groups in total. The van der Waals surface area contributed by atoms with Gasteiger partial charge in [-0.05, 0) is 75.8 Å². The highest BCUT2D eigenvalue weighted by atomic mass is 32.1. The Kier molecular flexibility index (Phi) is 7.70. The minimum absolute atomic E-state index is 0.529. The van der Waals surface area contributed by atoms with Gasteiger partial charge in [-0.3, -0.25) is 0 Å². The van der Waals surface area contributed by atoms with Crippen LogP contribution < -0.4 is 0 Å². The van der Waals surface area contributed by atoms with Crippen LogP contribution in [0.25, 0.3) is 87.7 Å². The van der Waals surface area contributed by atoms with Gasteiger partial charge in [-0.1, -0.05) is 127 Å². The van der Waals surface area contributed by atoms with E-state index in [-0.39, 0.29) is 0 Å². The standard InChI is InChI=1S/C46H28N4S/c47-29-30-11-7-20-38(25-30)45-48-44(32-14-5-2-6-15-32)49-46(50-45)39-21-10-22-42-43(39)40-28-37(23-24-41(40)51-42)36-19-9-18-35(27-36)34-17-8-16-33(26-34)31-12-3-1-4-13-31/h1-28H. The van der Waals surface area contributed by atoms with E-state index in [1.807, 2.05) is 54.6 Å². The SMILES string of the molecule is N#Cc1cccc(-c2nc(-c3ccccc3)nc(-c3cccc4sc5ccc(-c6cccc(-c7cccc(-c8ccccc8)c7)c6)cc5c34)n2)c1. The molecular formula is C46H28N4S. The van der Waals surface area contributed by atoms with Crippen LogP contribution in [0.2, 0.25) is 0 Å². The predicted octanol–water partition coefficient (Wildman–Crippen LogP) is 12.1. The third kappa shape index (κ3) is 5.84. The smallest absolute Gasteiger partial charge is 0.164 e. The maximum Gasteiger partial charge on any atom is 0.164 e. The molecule has 2 heterocycles. The minimum atomic E-state index is 0.529. The second-order valence-electron chi connectivity index (χ2n) is 12.4. The summed E-state index contributed by atoms with van der Waals surface area (Å²) in [7, 11) is 0. The Hall–Kier alpha value is -6.74. The largest absolute Gasteiger partial charge is 0.208 e. The number of hydrogen-bond acceptors (Lipinski definition) is 5. The first-order valence-electron chi connectivity index (χ1n) is 16.7. The Bertz CT molecular complexity index is 2760. The van der Waals surface area contributed by atoms with Gasteiger partial charge < -0.3 is 0 Å². The van der Waals surface area contributed by atoms with E-state index >= 15 is 0 Å². The van der Waals surface area contributed by atoms with Gasteiger partial charge in [0.05, 0.1) is 11.6 Å². The molecule has 0 aliphatic rings. The van der Waals surface area contributed by atoms with Gasteiger partial charge in [-0.2, -0.15) is 5.26 Å². The van der Waals surface area contributed by atoms with Crippen molar-refractivity contribution in [3.05, 3.63) is 175 Å². The fraction of sp³-hybridized carbons (Fsp3) is 0. The van der Waals surface area contributed by atoms with Crippen LogP contribution >= 0.6 is 11.3 Å². The fourth-order valence-corrected chi connectivity index (χ4v) is 7.76. The molecule has 238 valence electrons. The zero-order valence-corrected chi connectivity index (χ0v) is 28.2. The minimum Gasteiger partial charge on any atom is -0.208 e. The highest BCUT2D eigenvalue weighted by Gasteiger charge is 2.18. The van der Waals surface area contributed by atoms with Gasteiger partial charge >= 0.3 is 0 Å². The van der Waals surface area contributed by atoms with Crippen LogP contribution in [0.4, 0.5) is 0 Å². The third-order valence-corrected chi connectivity index (χ3v) is 10.3. The van der Waals surface area contributed by atoms with Gasteiger partial charge in [0.1, 0.15) is 0 Å². The van der Waals surface area contributed by atoms with E-state index in [1.54, 1.807) is 17.4 Å².